The Bertz CT molecular complexity index is 344. The summed E-state index contributed by atoms with van der Waals surface area (Å²) in [6.07, 6.45) is 4.29. The van der Waals surface area contributed by atoms with Gasteiger partial charge in [-0.1, -0.05) is 18.2 Å². The highest BCUT2D eigenvalue weighted by molar-refractivity contribution is 5.60. The van der Waals surface area contributed by atoms with Crippen LogP contribution in [0.5, 0.6) is 0 Å². The number of hydrogen-bond acceptors (Lipinski definition) is 0. The summed E-state index contributed by atoms with van der Waals surface area (Å²) in [4.78, 5) is 0. The molecule has 0 aliphatic heterocycles. The predicted octanol–water partition coefficient (Wildman–Crippen LogP) is 3.95. The van der Waals surface area contributed by atoms with Gasteiger partial charge in [0.25, 0.3) is 0 Å². The summed E-state index contributed by atoms with van der Waals surface area (Å²) in [5, 5.41) is 0. The Kier molecular flexibility index (Phi) is 2.92. The normalized spacial score (nSPS) is 11.2. The van der Waals surface area contributed by atoms with Crippen LogP contribution in [0.4, 0.5) is 0 Å². The summed E-state index contributed by atoms with van der Waals surface area (Å²) in [5.41, 5.74) is 6.97. The van der Waals surface area contributed by atoms with Gasteiger partial charge in [0.1, 0.15) is 0 Å². The van der Waals surface area contributed by atoms with Gasteiger partial charge >= 0.3 is 0 Å². The zero-order valence-corrected chi connectivity index (χ0v) is 9.23. The number of allylic oxidation sites excluding steroid dienone is 1. The van der Waals surface area contributed by atoms with Gasteiger partial charge in [-0.25, -0.2) is 0 Å². The molecule has 0 bridgehead atoms. The molecule has 0 unspecified atom stereocenters. The summed E-state index contributed by atoms with van der Waals surface area (Å²) >= 11 is 0. The van der Waals surface area contributed by atoms with Crippen molar-refractivity contribution < 1.29 is 0 Å². The monoisotopic (exact) mass is 174 g/mol. The SMILES string of the molecule is C/C=C\c1c(C)cc(C)c(C)c1C. The summed E-state index contributed by atoms with van der Waals surface area (Å²) in [7, 11) is 0. The Balaban J connectivity index is 3.43. The van der Waals surface area contributed by atoms with Crippen LogP contribution in [0.2, 0.25) is 0 Å². The molecule has 0 aliphatic carbocycles. The fourth-order valence-electron chi connectivity index (χ4n) is 1.73. The fourth-order valence-corrected chi connectivity index (χ4v) is 1.73. The van der Waals surface area contributed by atoms with E-state index in [1.54, 1.807) is 0 Å². The Morgan fingerprint density at radius 1 is 0.923 bits per heavy atom. The summed E-state index contributed by atoms with van der Waals surface area (Å²) in [6.45, 7) is 10.8. The second-order valence-corrected chi connectivity index (χ2v) is 3.67. The molecule has 1 rings (SSSR count). The van der Waals surface area contributed by atoms with Crippen molar-refractivity contribution in [2.45, 2.75) is 34.6 Å². The van der Waals surface area contributed by atoms with Crippen LogP contribution in [-0.2, 0) is 0 Å². The quantitative estimate of drug-likeness (QED) is 0.604. The van der Waals surface area contributed by atoms with Crippen LogP contribution in [-0.4, -0.2) is 0 Å². The molecule has 1 aromatic carbocycles. The Morgan fingerprint density at radius 2 is 1.54 bits per heavy atom. The topological polar surface area (TPSA) is 0 Å². The minimum atomic E-state index is 1.37. The van der Waals surface area contributed by atoms with E-state index in [1.165, 1.54) is 27.8 Å². The molecule has 0 heteroatoms. The molecule has 0 atom stereocenters. The van der Waals surface area contributed by atoms with Gasteiger partial charge in [-0.15, -0.1) is 0 Å². The smallest absolute Gasteiger partial charge is 0.0198 e. The molecule has 1 aromatic rings. The van der Waals surface area contributed by atoms with Gasteiger partial charge in [-0.3, -0.25) is 0 Å². The van der Waals surface area contributed by atoms with E-state index in [4.69, 9.17) is 0 Å². The minimum absolute atomic E-state index is 1.37. The van der Waals surface area contributed by atoms with Gasteiger partial charge in [0.15, 0.2) is 0 Å². The molecule has 0 aliphatic rings. The van der Waals surface area contributed by atoms with Crippen LogP contribution in [0.15, 0.2) is 12.1 Å². The molecular formula is C13H18. The number of aryl methyl sites for hydroxylation is 2. The van der Waals surface area contributed by atoms with E-state index >= 15 is 0 Å². The molecule has 0 heterocycles. The fraction of sp³-hybridized carbons (Fsp3) is 0.385. The van der Waals surface area contributed by atoms with Crippen LogP contribution >= 0.6 is 0 Å². The van der Waals surface area contributed by atoms with Crippen LogP contribution < -0.4 is 0 Å². The lowest BCUT2D eigenvalue weighted by molar-refractivity contribution is 1.22. The van der Waals surface area contributed by atoms with Gasteiger partial charge in [-0.2, -0.15) is 0 Å². The third-order valence-electron chi connectivity index (χ3n) is 2.75. The summed E-state index contributed by atoms with van der Waals surface area (Å²) in [6, 6.07) is 2.26. The molecule has 0 saturated heterocycles. The van der Waals surface area contributed by atoms with Gasteiger partial charge in [-0.05, 0) is 62.4 Å². The van der Waals surface area contributed by atoms with E-state index < -0.39 is 0 Å². The maximum Gasteiger partial charge on any atom is -0.0198 e. The third-order valence-corrected chi connectivity index (χ3v) is 2.75. The first-order valence-electron chi connectivity index (χ1n) is 4.78. The zero-order valence-electron chi connectivity index (χ0n) is 9.23. The maximum atomic E-state index is 2.26. The predicted molar refractivity (Wildman–Crippen MR) is 60.1 cm³/mol. The summed E-state index contributed by atoms with van der Waals surface area (Å²) in [5.74, 6) is 0. The van der Waals surface area contributed by atoms with E-state index in [-0.39, 0.29) is 0 Å². The minimum Gasteiger partial charge on any atom is -0.0870 e. The Morgan fingerprint density at radius 3 is 2.08 bits per heavy atom. The van der Waals surface area contributed by atoms with Crippen molar-refractivity contribution in [1.29, 1.82) is 0 Å². The lowest BCUT2D eigenvalue weighted by Gasteiger charge is -2.11. The average Bonchev–Trinajstić information content (AvgIpc) is 2.09. The second kappa shape index (κ2) is 3.78. The summed E-state index contributed by atoms with van der Waals surface area (Å²) < 4.78 is 0. The zero-order chi connectivity index (χ0) is 10.0. The Hall–Kier alpha value is -1.04. The molecule has 0 nitrogen and oxygen atoms in total. The first-order valence-corrected chi connectivity index (χ1v) is 4.78. The molecule has 13 heavy (non-hydrogen) atoms. The van der Waals surface area contributed by atoms with Gasteiger partial charge in [0.2, 0.25) is 0 Å². The average molecular weight is 174 g/mol. The number of benzene rings is 1. The van der Waals surface area contributed by atoms with E-state index in [0.29, 0.717) is 0 Å². The molecule has 0 radical (unpaired) electrons. The first kappa shape index (κ1) is 10.0. The van der Waals surface area contributed by atoms with Crippen molar-refractivity contribution in [2.75, 3.05) is 0 Å². The second-order valence-electron chi connectivity index (χ2n) is 3.67. The number of hydrogen-bond donors (Lipinski definition) is 0. The number of rotatable bonds is 1. The van der Waals surface area contributed by atoms with Crippen molar-refractivity contribution in [2.24, 2.45) is 0 Å². The van der Waals surface area contributed by atoms with Crippen LogP contribution in [0, 0.1) is 27.7 Å². The Labute approximate surface area is 81.3 Å². The highest BCUT2D eigenvalue weighted by Gasteiger charge is 2.04. The molecule has 0 spiro atoms. The van der Waals surface area contributed by atoms with Crippen molar-refractivity contribution in [1.82, 2.24) is 0 Å². The molecule has 70 valence electrons. The van der Waals surface area contributed by atoms with Gasteiger partial charge in [0, 0.05) is 0 Å². The van der Waals surface area contributed by atoms with Gasteiger partial charge < -0.3 is 0 Å². The molecule has 0 aromatic heterocycles. The molecule has 0 amide bonds. The van der Waals surface area contributed by atoms with Crippen molar-refractivity contribution >= 4 is 6.08 Å². The van der Waals surface area contributed by atoms with E-state index in [2.05, 4.69) is 52.8 Å². The lowest BCUT2D eigenvalue weighted by Crippen LogP contribution is -1.93. The van der Waals surface area contributed by atoms with E-state index in [0.717, 1.165) is 0 Å². The third kappa shape index (κ3) is 1.82. The van der Waals surface area contributed by atoms with Crippen molar-refractivity contribution in [3.05, 3.63) is 40.0 Å². The standard InChI is InChI=1S/C13H18/c1-6-7-13-10(3)8-9(2)11(4)12(13)5/h6-8H,1-5H3/b7-6-. The molecule has 0 fully saturated rings. The molecular weight excluding hydrogens is 156 g/mol. The van der Waals surface area contributed by atoms with Crippen molar-refractivity contribution in [3.63, 3.8) is 0 Å². The van der Waals surface area contributed by atoms with Crippen LogP contribution in [0.25, 0.3) is 6.08 Å². The maximum absolute atomic E-state index is 2.26. The van der Waals surface area contributed by atoms with E-state index in [1.807, 2.05) is 0 Å². The first-order chi connectivity index (χ1) is 6.07. The van der Waals surface area contributed by atoms with Gasteiger partial charge in [0.05, 0.1) is 0 Å². The largest absolute Gasteiger partial charge is 0.0870 e. The molecule has 0 saturated carbocycles. The highest BCUT2D eigenvalue weighted by Crippen LogP contribution is 2.22. The van der Waals surface area contributed by atoms with Crippen molar-refractivity contribution in [3.8, 4) is 0 Å². The van der Waals surface area contributed by atoms with E-state index in [9.17, 15) is 0 Å². The van der Waals surface area contributed by atoms with Crippen LogP contribution in [0.3, 0.4) is 0 Å². The molecule has 0 N–H and O–H groups in total. The lowest BCUT2D eigenvalue weighted by atomic mass is 9.94. The highest BCUT2D eigenvalue weighted by atomic mass is 14.1. The van der Waals surface area contributed by atoms with Crippen LogP contribution in [0.1, 0.15) is 34.7 Å².